The van der Waals surface area contributed by atoms with Crippen LogP contribution in [0.3, 0.4) is 0 Å². The summed E-state index contributed by atoms with van der Waals surface area (Å²) in [6.07, 6.45) is 0. The number of carbonyl (C=O) groups is 1. The fraction of sp³-hybridized carbons (Fsp3) is 0.0714. The van der Waals surface area contributed by atoms with Crippen LogP contribution in [-0.2, 0) is 0 Å². The topological polar surface area (TPSA) is 46.5 Å². The van der Waals surface area contributed by atoms with Crippen molar-refractivity contribution in [1.29, 1.82) is 0 Å². The van der Waals surface area contributed by atoms with E-state index in [1.54, 1.807) is 11.4 Å². The predicted molar refractivity (Wildman–Crippen MR) is 70.1 cm³/mol. The summed E-state index contributed by atoms with van der Waals surface area (Å²) in [5.41, 5.74) is 0.272. The predicted octanol–water partition coefficient (Wildman–Crippen LogP) is 2.88. The summed E-state index contributed by atoms with van der Waals surface area (Å²) in [6.45, 7) is 0.282. The highest BCUT2D eigenvalue weighted by Gasteiger charge is 2.04. The molecule has 1 N–H and O–H groups in total. The van der Waals surface area contributed by atoms with E-state index in [2.05, 4.69) is 11.8 Å². The Hall–Kier alpha value is -2.25. The van der Waals surface area contributed by atoms with Crippen LogP contribution in [0.2, 0.25) is 0 Å². The molecule has 0 aliphatic carbocycles. The minimum absolute atomic E-state index is 0.272. The van der Waals surface area contributed by atoms with E-state index in [0.29, 0.717) is 0 Å². The lowest BCUT2D eigenvalue weighted by Crippen LogP contribution is -1.93. The number of ether oxygens (including phenoxy) is 1. The number of aromatic carboxylic acids is 1. The Labute approximate surface area is 109 Å². The van der Waals surface area contributed by atoms with Crippen LogP contribution >= 0.6 is 11.3 Å². The molecule has 1 aromatic heterocycles. The molecule has 90 valence electrons. The average molecular weight is 258 g/mol. The second kappa shape index (κ2) is 5.89. The van der Waals surface area contributed by atoms with Crippen molar-refractivity contribution in [2.45, 2.75) is 0 Å². The first-order chi connectivity index (χ1) is 8.75. The number of carboxylic acids is 1. The molecule has 0 amide bonds. The molecular formula is C14H10O3S. The second-order valence-electron chi connectivity index (χ2n) is 3.41. The van der Waals surface area contributed by atoms with E-state index >= 15 is 0 Å². The number of carboxylic acid groups (broad SMARTS) is 1. The summed E-state index contributed by atoms with van der Waals surface area (Å²) in [5, 5.41) is 10.3. The van der Waals surface area contributed by atoms with E-state index in [0.717, 1.165) is 10.6 Å². The standard InChI is InChI=1S/C14H10O3S/c15-14(16)11-9-13(18-10-11)7-4-8-17-12-5-2-1-3-6-12/h1-3,5-6,9-10H,8H2,(H,15,16). The fourth-order valence-corrected chi connectivity index (χ4v) is 2.02. The first-order valence-electron chi connectivity index (χ1n) is 5.24. The SMILES string of the molecule is O=C(O)c1csc(C#CCOc2ccccc2)c1. The van der Waals surface area contributed by atoms with Crippen LogP contribution < -0.4 is 4.74 Å². The molecule has 0 fully saturated rings. The average Bonchev–Trinajstić information content (AvgIpc) is 2.85. The minimum Gasteiger partial charge on any atom is -0.481 e. The maximum Gasteiger partial charge on any atom is 0.336 e. The van der Waals surface area contributed by atoms with E-state index in [-0.39, 0.29) is 12.2 Å². The van der Waals surface area contributed by atoms with Gasteiger partial charge < -0.3 is 9.84 Å². The van der Waals surface area contributed by atoms with Gasteiger partial charge in [0.1, 0.15) is 12.4 Å². The zero-order chi connectivity index (χ0) is 12.8. The lowest BCUT2D eigenvalue weighted by atomic mass is 10.3. The molecule has 0 saturated carbocycles. The van der Waals surface area contributed by atoms with Crippen LogP contribution in [-0.4, -0.2) is 17.7 Å². The molecular weight excluding hydrogens is 248 g/mol. The van der Waals surface area contributed by atoms with Gasteiger partial charge in [-0.3, -0.25) is 0 Å². The lowest BCUT2D eigenvalue weighted by molar-refractivity contribution is 0.0697. The van der Waals surface area contributed by atoms with Crippen molar-refractivity contribution in [3.63, 3.8) is 0 Å². The Morgan fingerprint density at radius 1 is 1.33 bits per heavy atom. The van der Waals surface area contributed by atoms with Crippen molar-refractivity contribution >= 4 is 17.3 Å². The van der Waals surface area contributed by atoms with Crippen molar-refractivity contribution in [1.82, 2.24) is 0 Å². The molecule has 0 bridgehead atoms. The maximum atomic E-state index is 10.7. The monoisotopic (exact) mass is 258 g/mol. The normalized spacial score (nSPS) is 9.33. The molecule has 0 radical (unpaired) electrons. The quantitative estimate of drug-likeness (QED) is 0.861. The third-order valence-electron chi connectivity index (χ3n) is 2.11. The lowest BCUT2D eigenvalue weighted by Gasteiger charge is -1.99. The van der Waals surface area contributed by atoms with Gasteiger partial charge in [-0.1, -0.05) is 30.0 Å². The Bertz CT molecular complexity index is 590. The zero-order valence-corrected chi connectivity index (χ0v) is 10.2. The van der Waals surface area contributed by atoms with E-state index in [1.807, 2.05) is 30.3 Å². The Kier molecular flexibility index (Phi) is 4.00. The highest BCUT2D eigenvalue weighted by atomic mass is 32.1. The van der Waals surface area contributed by atoms with Crippen molar-refractivity contribution in [3.05, 3.63) is 52.2 Å². The van der Waals surface area contributed by atoms with E-state index < -0.39 is 5.97 Å². The minimum atomic E-state index is -0.931. The zero-order valence-electron chi connectivity index (χ0n) is 9.42. The maximum absolute atomic E-state index is 10.7. The Morgan fingerprint density at radius 2 is 2.11 bits per heavy atom. The number of hydrogen-bond acceptors (Lipinski definition) is 3. The first kappa shape index (κ1) is 12.2. The summed E-state index contributed by atoms with van der Waals surface area (Å²) in [7, 11) is 0. The van der Waals surface area contributed by atoms with Crippen molar-refractivity contribution in [2.75, 3.05) is 6.61 Å². The summed E-state index contributed by atoms with van der Waals surface area (Å²) in [4.78, 5) is 11.4. The van der Waals surface area contributed by atoms with Gasteiger partial charge in [0.25, 0.3) is 0 Å². The number of hydrogen-bond donors (Lipinski definition) is 1. The summed E-state index contributed by atoms with van der Waals surface area (Å²) < 4.78 is 5.40. The molecule has 3 nitrogen and oxygen atoms in total. The molecule has 0 aliphatic heterocycles. The van der Waals surface area contributed by atoms with Crippen LogP contribution in [0.4, 0.5) is 0 Å². The third kappa shape index (κ3) is 3.37. The molecule has 0 spiro atoms. The molecule has 1 aromatic carbocycles. The molecule has 18 heavy (non-hydrogen) atoms. The van der Waals surface area contributed by atoms with Gasteiger partial charge in [0.2, 0.25) is 0 Å². The Balaban J connectivity index is 1.90. The molecule has 4 heteroatoms. The van der Waals surface area contributed by atoms with Crippen molar-refractivity contribution in [3.8, 4) is 17.6 Å². The van der Waals surface area contributed by atoms with E-state index in [4.69, 9.17) is 9.84 Å². The molecule has 0 unspecified atom stereocenters. The molecule has 0 aliphatic rings. The number of benzene rings is 1. The summed E-state index contributed by atoms with van der Waals surface area (Å²) in [5.74, 6) is 5.56. The first-order valence-corrected chi connectivity index (χ1v) is 6.12. The van der Waals surface area contributed by atoms with Gasteiger partial charge in [-0.2, -0.15) is 0 Å². The van der Waals surface area contributed by atoms with Gasteiger partial charge in [-0.25, -0.2) is 4.79 Å². The highest BCUT2D eigenvalue weighted by Crippen LogP contribution is 2.13. The fourth-order valence-electron chi connectivity index (χ4n) is 1.27. The third-order valence-corrected chi connectivity index (χ3v) is 2.96. The summed E-state index contributed by atoms with van der Waals surface area (Å²) >= 11 is 1.31. The molecule has 2 aromatic rings. The van der Waals surface area contributed by atoms with E-state index in [1.165, 1.54) is 11.3 Å². The molecule has 0 atom stereocenters. The van der Waals surface area contributed by atoms with Gasteiger partial charge in [-0.05, 0) is 18.2 Å². The van der Waals surface area contributed by atoms with Crippen molar-refractivity contribution in [2.24, 2.45) is 0 Å². The van der Waals surface area contributed by atoms with Crippen LogP contribution in [0.5, 0.6) is 5.75 Å². The van der Waals surface area contributed by atoms with Crippen LogP contribution in [0.1, 0.15) is 15.2 Å². The van der Waals surface area contributed by atoms with Crippen LogP contribution in [0.15, 0.2) is 41.8 Å². The number of para-hydroxylation sites is 1. The van der Waals surface area contributed by atoms with Crippen LogP contribution in [0, 0.1) is 11.8 Å². The smallest absolute Gasteiger partial charge is 0.336 e. The molecule has 1 heterocycles. The van der Waals surface area contributed by atoms with Crippen molar-refractivity contribution < 1.29 is 14.6 Å². The number of rotatable bonds is 3. The Morgan fingerprint density at radius 3 is 2.78 bits per heavy atom. The summed E-state index contributed by atoms with van der Waals surface area (Å²) in [6, 6.07) is 11.0. The van der Waals surface area contributed by atoms with Gasteiger partial charge in [0.05, 0.1) is 10.4 Å². The van der Waals surface area contributed by atoms with Gasteiger partial charge >= 0.3 is 5.97 Å². The van der Waals surface area contributed by atoms with Gasteiger partial charge in [0.15, 0.2) is 0 Å². The van der Waals surface area contributed by atoms with Gasteiger partial charge in [0, 0.05) is 5.38 Å². The highest BCUT2D eigenvalue weighted by molar-refractivity contribution is 7.10. The number of thiophene rings is 1. The van der Waals surface area contributed by atoms with Gasteiger partial charge in [-0.15, -0.1) is 11.3 Å². The second-order valence-corrected chi connectivity index (χ2v) is 4.32. The molecule has 0 saturated heterocycles. The van der Waals surface area contributed by atoms with E-state index in [9.17, 15) is 4.79 Å². The van der Waals surface area contributed by atoms with Crippen LogP contribution in [0.25, 0.3) is 0 Å². The molecule has 2 rings (SSSR count). The largest absolute Gasteiger partial charge is 0.481 e.